The summed E-state index contributed by atoms with van der Waals surface area (Å²) in [6.45, 7) is 11.3. The average molecular weight is 286 g/mol. The molecule has 0 saturated carbocycles. The third-order valence-electron chi connectivity index (χ3n) is 4.80. The van der Waals surface area contributed by atoms with E-state index in [-0.39, 0.29) is 6.04 Å². The SMILES string of the molecule is CCN1CCC(CNC(C)c2oc3ccccc3c2C)C1. The molecule has 3 rings (SSSR count). The highest BCUT2D eigenvalue weighted by atomic mass is 16.3. The predicted octanol–water partition coefficient (Wildman–Crippen LogP) is 3.73. The van der Waals surface area contributed by atoms with E-state index in [1.807, 2.05) is 6.07 Å². The first-order valence-corrected chi connectivity index (χ1v) is 8.12. The summed E-state index contributed by atoms with van der Waals surface area (Å²) in [6.07, 6.45) is 1.31. The van der Waals surface area contributed by atoms with E-state index in [9.17, 15) is 0 Å². The van der Waals surface area contributed by atoms with E-state index in [1.165, 1.54) is 37.0 Å². The number of furan rings is 1. The van der Waals surface area contributed by atoms with Gasteiger partial charge in [-0.1, -0.05) is 25.1 Å². The zero-order chi connectivity index (χ0) is 14.8. The lowest BCUT2D eigenvalue weighted by molar-refractivity contribution is 0.333. The number of aryl methyl sites for hydroxylation is 1. The lowest BCUT2D eigenvalue weighted by atomic mass is 10.1. The first-order valence-electron chi connectivity index (χ1n) is 8.12. The molecule has 21 heavy (non-hydrogen) atoms. The Bertz CT molecular complexity index is 604. The number of likely N-dealkylation sites (tertiary alicyclic amines) is 1. The van der Waals surface area contributed by atoms with Gasteiger partial charge in [-0.2, -0.15) is 0 Å². The predicted molar refractivity (Wildman–Crippen MR) is 87.6 cm³/mol. The summed E-state index contributed by atoms with van der Waals surface area (Å²) in [5.74, 6) is 1.86. The van der Waals surface area contributed by atoms with Crippen molar-refractivity contribution in [3.8, 4) is 0 Å². The summed E-state index contributed by atoms with van der Waals surface area (Å²) in [7, 11) is 0. The molecule has 0 radical (unpaired) electrons. The molecule has 1 aromatic heterocycles. The molecule has 0 aliphatic carbocycles. The van der Waals surface area contributed by atoms with Crippen molar-refractivity contribution < 1.29 is 4.42 Å². The van der Waals surface area contributed by atoms with Gasteiger partial charge >= 0.3 is 0 Å². The van der Waals surface area contributed by atoms with Gasteiger partial charge < -0.3 is 14.6 Å². The van der Waals surface area contributed by atoms with Crippen molar-refractivity contribution >= 4 is 11.0 Å². The summed E-state index contributed by atoms with van der Waals surface area (Å²) in [4.78, 5) is 2.53. The zero-order valence-electron chi connectivity index (χ0n) is 13.4. The third kappa shape index (κ3) is 2.99. The standard InChI is InChI=1S/C18H26N2O/c1-4-20-10-9-15(12-20)11-19-14(3)18-13(2)16-7-5-6-8-17(16)21-18/h5-8,14-15,19H,4,9-12H2,1-3H3. The normalized spacial score (nSPS) is 21.2. The average Bonchev–Trinajstić information content (AvgIpc) is 3.10. The van der Waals surface area contributed by atoms with Crippen LogP contribution in [0.25, 0.3) is 11.0 Å². The van der Waals surface area contributed by atoms with Crippen LogP contribution >= 0.6 is 0 Å². The van der Waals surface area contributed by atoms with Gasteiger partial charge in [0, 0.05) is 11.9 Å². The van der Waals surface area contributed by atoms with Crippen molar-refractivity contribution in [3.05, 3.63) is 35.6 Å². The molecule has 2 heterocycles. The van der Waals surface area contributed by atoms with Gasteiger partial charge in [0.25, 0.3) is 0 Å². The van der Waals surface area contributed by atoms with Crippen molar-refractivity contribution in [2.75, 3.05) is 26.2 Å². The largest absolute Gasteiger partial charge is 0.459 e. The number of hydrogen-bond donors (Lipinski definition) is 1. The van der Waals surface area contributed by atoms with Gasteiger partial charge in [-0.15, -0.1) is 0 Å². The number of rotatable bonds is 5. The van der Waals surface area contributed by atoms with Crippen LogP contribution in [-0.4, -0.2) is 31.1 Å². The van der Waals surface area contributed by atoms with Gasteiger partial charge in [0.15, 0.2) is 0 Å². The number of nitrogens with zero attached hydrogens (tertiary/aromatic N) is 1. The maximum absolute atomic E-state index is 6.05. The molecule has 0 spiro atoms. The van der Waals surface area contributed by atoms with E-state index in [0.29, 0.717) is 0 Å². The molecule has 1 aliphatic rings. The van der Waals surface area contributed by atoms with Gasteiger partial charge in [-0.25, -0.2) is 0 Å². The van der Waals surface area contributed by atoms with Crippen molar-refractivity contribution in [3.63, 3.8) is 0 Å². The van der Waals surface area contributed by atoms with Crippen molar-refractivity contribution in [2.24, 2.45) is 5.92 Å². The monoisotopic (exact) mass is 286 g/mol. The van der Waals surface area contributed by atoms with E-state index < -0.39 is 0 Å². The first kappa shape index (κ1) is 14.6. The molecular weight excluding hydrogens is 260 g/mol. The fourth-order valence-corrected chi connectivity index (χ4v) is 3.41. The third-order valence-corrected chi connectivity index (χ3v) is 4.80. The highest BCUT2D eigenvalue weighted by Gasteiger charge is 2.22. The van der Waals surface area contributed by atoms with Crippen LogP contribution in [0.1, 0.15) is 37.6 Å². The molecule has 1 fully saturated rings. The lowest BCUT2D eigenvalue weighted by Gasteiger charge is -2.17. The summed E-state index contributed by atoms with van der Waals surface area (Å²) < 4.78 is 6.05. The summed E-state index contributed by atoms with van der Waals surface area (Å²) in [5.41, 5.74) is 2.27. The number of hydrogen-bond acceptors (Lipinski definition) is 3. The Morgan fingerprint density at radius 1 is 1.38 bits per heavy atom. The molecule has 1 saturated heterocycles. The first-order chi connectivity index (χ1) is 10.2. The topological polar surface area (TPSA) is 28.4 Å². The van der Waals surface area contributed by atoms with E-state index >= 15 is 0 Å². The van der Waals surface area contributed by atoms with E-state index in [1.54, 1.807) is 0 Å². The van der Waals surface area contributed by atoms with Crippen molar-refractivity contribution in [1.82, 2.24) is 10.2 Å². The second-order valence-electron chi connectivity index (χ2n) is 6.27. The van der Waals surface area contributed by atoms with E-state index in [0.717, 1.165) is 23.8 Å². The molecule has 1 N–H and O–H groups in total. The Labute approximate surface area is 127 Å². The summed E-state index contributed by atoms with van der Waals surface area (Å²) >= 11 is 0. The second kappa shape index (κ2) is 6.20. The van der Waals surface area contributed by atoms with Gasteiger partial charge in [-0.3, -0.25) is 0 Å². The Morgan fingerprint density at radius 3 is 2.90 bits per heavy atom. The molecule has 1 aliphatic heterocycles. The number of nitrogens with one attached hydrogen (secondary N) is 1. The molecule has 114 valence electrons. The van der Waals surface area contributed by atoms with Crippen LogP contribution in [0.4, 0.5) is 0 Å². The molecule has 1 aromatic carbocycles. The Kier molecular flexibility index (Phi) is 4.32. The van der Waals surface area contributed by atoms with Crippen molar-refractivity contribution in [1.29, 1.82) is 0 Å². The van der Waals surface area contributed by atoms with Gasteiger partial charge in [0.1, 0.15) is 11.3 Å². The van der Waals surface area contributed by atoms with E-state index in [4.69, 9.17) is 4.42 Å². The summed E-state index contributed by atoms with van der Waals surface area (Å²) in [6, 6.07) is 8.57. The number of fused-ring (bicyclic) bond motifs is 1. The molecule has 3 heteroatoms. The van der Waals surface area contributed by atoms with Crippen LogP contribution in [0.5, 0.6) is 0 Å². The molecule has 2 unspecified atom stereocenters. The zero-order valence-corrected chi connectivity index (χ0v) is 13.4. The van der Waals surface area contributed by atoms with Crippen LogP contribution in [0.3, 0.4) is 0 Å². The van der Waals surface area contributed by atoms with Crippen LogP contribution in [0, 0.1) is 12.8 Å². The maximum atomic E-state index is 6.05. The quantitative estimate of drug-likeness (QED) is 0.907. The van der Waals surface area contributed by atoms with Crippen molar-refractivity contribution in [2.45, 2.75) is 33.2 Å². The fourth-order valence-electron chi connectivity index (χ4n) is 3.41. The molecule has 0 amide bonds. The van der Waals surface area contributed by atoms with Gasteiger partial charge in [0.05, 0.1) is 6.04 Å². The van der Waals surface area contributed by atoms with Gasteiger partial charge in [-0.05, 0) is 57.5 Å². The molecule has 0 bridgehead atoms. The Hall–Kier alpha value is -1.32. The Balaban J connectivity index is 1.64. The fraction of sp³-hybridized carbons (Fsp3) is 0.556. The maximum Gasteiger partial charge on any atom is 0.134 e. The van der Waals surface area contributed by atoms with Crippen LogP contribution in [0.15, 0.2) is 28.7 Å². The summed E-state index contributed by atoms with van der Waals surface area (Å²) in [5, 5.41) is 4.90. The number of benzene rings is 1. The highest BCUT2D eigenvalue weighted by Crippen LogP contribution is 2.29. The van der Waals surface area contributed by atoms with Crippen LogP contribution in [0.2, 0.25) is 0 Å². The van der Waals surface area contributed by atoms with Crippen LogP contribution in [-0.2, 0) is 0 Å². The minimum Gasteiger partial charge on any atom is -0.459 e. The molecule has 2 atom stereocenters. The minimum absolute atomic E-state index is 0.271. The van der Waals surface area contributed by atoms with E-state index in [2.05, 4.69) is 49.2 Å². The molecule has 3 nitrogen and oxygen atoms in total. The minimum atomic E-state index is 0.271. The smallest absolute Gasteiger partial charge is 0.134 e. The molecule has 2 aromatic rings. The van der Waals surface area contributed by atoms with Gasteiger partial charge in [0.2, 0.25) is 0 Å². The highest BCUT2D eigenvalue weighted by molar-refractivity contribution is 5.82. The number of para-hydroxylation sites is 1. The second-order valence-corrected chi connectivity index (χ2v) is 6.27. The van der Waals surface area contributed by atoms with Crippen LogP contribution < -0.4 is 5.32 Å². The molecular formula is C18H26N2O. The lowest BCUT2D eigenvalue weighted by Crippen LogP contribution is -2.28. The Morgan fingerprint density at radius 2 is 2.19 bits per heavy atom.